The van der Waals surface area contributed by atoms with Crippen molar-refractivity contribution >= 4 is 40.3 Å². The Labute approximate surface area is 125 Å². The first-order valence-electron chi connectivity index (χ1n) is 6.29. The Kier molecular flexibility index (Phi) is 3.46. The van der Waals surface area contributed by atoms with Crippen LogP contribution in [-0.2, 0) is 4.79 Å². The Morgan fingerprint density at radius 3 is 2.67 bits per heavy atom. The monoisotopic (exact) mass is 298 g/mol. The summed E-state index contributed by atoms with van der Waals surface area (Å²) in [7, 11) is 0. The van der Waals surface area contributed by atoms with Crippen molar-refractivity contribution in [1.29, 1.82) is 0 Å². The molecular weight excluding hydrogens is 288 g/mol. The van der Waals surface area contributed by atoms with Crippen molar-refractivity contribution in [3.05, 3.63) is 64.9 Å². The van der Waals surface area contributed by atoms with Crippen molar-refractivity contribution in [1.82, 2.24) is 9.97 Å². The van der Waals surface area contributed by atoms with Gasteiger partial charge in [-0.1, -0.05) is 41.9 Å². The zero-order valence-electron chi connectivity index (χ0n) is 10.9. The van der Waals surface area contributed by atoms with Crippen LogP contribution in [0.4, 0.5) is 0 Å². The highest BCUT2D eigenvalue weighted by molar-refractivity contribution is 6.29. The topological polar surface area (TPSA) is 66.0 Å². The summed E-state index contributed by atoms with van der Waals surface area (Å²) in [5.41, 5.74) is 2.27. The first-order chi connectivity index (χ1) is 10.1. The van der Waals surface area contributed by atoms with Gasteiger partial charge in [-0.3, -0.25) is 0 Å². The van der Waals surface area contributed by atoms with Crippen LogP contribution < -0.4 is 0 Å². The second kappa shape index (κ2) is 5.42. The third kappa shape index (κ3) is 2.66. The lowest BCUT2D eigenvalue weighted by Crippen LogP contribution is -1.99. The van der Waals surface area contributed by atoms with E-state index >= 15 is 0 Å². The van der Waals surface area contributed by atoms with E-state index in [1.54, 1.807) is 30.5 Å². The van der Waals surface area contributed by atoms with Crippen molar-refractivity contribution in [2.45, 2.75) is 0 Å². The number of halogens is 1. The number of rotatable bonds is 3. The van der Waals surface area contributed by atoms with E-state index < -0.39 is 5.97 Å². The van der Waals surface area contributed by atoms with Gasteiger partial charge in [-0.25, -0.2) is 9.78 Å². The summed E-state index contributed by atoms with van der Waals surface area (Å²) in [4.78, 5) is 18.6. The number of aliphatic carboxylic acids is 1. The van der Waals surface area contributed by atoms with Gasteiger partial charge < -0.3 is 10.1 Å². The highest BCUT2D eigenvalue weighted by Crippen LogP contribution is 2.24. The smallest absolute Gasteiger partial charge is 0.336 e. The third-order valence-electron chi connectivity index (χ3n) is 3.15. The number of nitrogens with zero attached hydrogens (tertiary/aromatic N) is 1. The molecule has 2 N–H and O–H groups in total. The maximum Gasteiger partial charge on any atom is 0.336 e. The molecule has 0 fully saturated rings. The summed E-state index contributed by atoms with van der Waals surface area (Å²) in [6, 6.07) is 12.5. The number of benzene rings is 1. The number of carbonyl (C=O) groups is 1. The molecule has 0 amide bonds. The number of fused-ring (bicyclic) bond motifs is 1. The fraction of sp³-hybridized carbons (Fsp3) is 0. The molecule has 0 bridgehead atoms. The molecule has 5 heteroatoms. The minimum absolute atomic E-state index is 0.228. The van der Waals surface area contributed by atoms with E-state index in [9.17, 15) is 9.90 Å². The molecular formula is C16H11ClN2O2. The van der Waals surface area contributed by atoms with Crippen molar-refractivity contribution in [2.75, 3.05) is 0 Å². The highest BCUT2D eigenvalue weighted by atomic mass is 35.5. The second-order valence-corrected chi connectivity index (χ2v) is 4.89. The molecule has 0 unspecified atom stereocenters. The fourth-order valence-electron chi connectivity index (χ4n) is 2.16. The first-order valence-corrected chi connectivity index (χ1v) is 6.67. The molecule has 0 spiro atoms. The number of hydrogen-bond acceptors (Lipinski definition) is 2. The number of H-pyrrole nitrogens is 1. The largest absolute Gasteiger partial charge is 0.478 e. The van der Waals surface area contributed by atoms with Gasteiger partial charge in [0.15, 0.2) is 0 Å². The quantitative estimate of drug-likeness (QED) is 0.570. The van der Waals surface area contributed by atoms with Crippen LogP contribution in [0.1, 0.15) is 11.1 Å². The highest BCUT2D eigenvalue weighted by Gasteiger charge is 2.12. The molecule has 3 aromatic rings. The molecule has 0 radical (unpaired) electrons. The molecule has 0 saturated carbocycles. The molecule has 21 heavy (non-hydrogen) atoms. The number of pyridine rings is 1. The summed E-state index contributed by atoms with van der Waals surface area (Å²) in [5, 5.41) is 10.6. The molecule has 2 aromatic heterocycles. The van der Waals surface area contributed by atoms with Gasteiger partial charge in [0.05, 0.1) is 5.57 Å². The molecule has 2 heterocycles. The average Bonchev–Trinajstić information content (AvgIpc) is 2.87. The molecule has 0 aliphatic rings. The minimum Gasteiger partial charge on any atom is -0.478 e. The summed E-state index contributed by atoms with van der Waals surface area (Å²) in [5.74, 6) is -0.975. The lowest BCUT2D eigenvalue weighted by atomic mass is 10.0. The van der Waals surface area contributed by atoms with Gasteiger partial charge in [-0.2, -0.15) is 0 Å². The van der Waals surface area contributed by atoms with Crippen molar-refractivity contribution in [3.8, 4) is 0 Å². The van der Waals surface area contributed by atoms with Crippen molar-refractivity contribution < 1.29 is 9.90 Å². The minimum atomic E-state index is -0.975. The van der Waals surface area contributed by atoms with Crippen LogP contribution in [0, 0.1) is 0 Å². The van der Waals surface area contributed by atoms with E-state index in [-0.39, 0.29) is 5.57 Å². The van der Waals surface area contributed by atoms with Crippen LogP contribution in [0.2, 0.25) is 5.15 Å². The predicted molar refractivity (Wildman–Crippen MR) is 83.1 cm³/mol. The van der Waals surface area contributed by atoms with Crippen LogP contribution in [-0.4, -0.2) is 21.0 Å². The van der Waals surface area contributed by atoms with Crippen molar-refractivity contribution in [3.63, 3.8) is 0 Å². The molecule has 4 nitrogen and oxygen atoms in total. The number of aromatic nitrogens is 2. The molecule has 104 valence electrons. The zero-order chi connectivity index (χ0) is 14.8. The first kappa shape index (κ1) is 13.4. The van der Waals surface area contributed by atoms with E-state index in [0.717, 1.165) is 10.9 Å². The number of carboxylic acids is 1. The van der Waals surface area contributed by atoms with E-state index in [1.807, 2.05) is 24.3 Å². The van der Waals surface area contributed by atoms with E-state index in [4.69, 9.17) is 11.6 Å². The summed E-state index contributed by atoms with van der Waals surface area (Å²) < 4.78 is 0. The zero-order valence-corrected chi connectivity index (χ0v) is 11.6. The summed E-state index contributed by atoms with van der Waals surface area (Å²) in [6.07, 6.45) is 3.35. The Bertz CT molecular complexity index is 838. The van der Waals surface area contributed by atoms with Gasteiger partial charge in [0, 0.05) is 17.1 Å². The predicted octanol–water partition coefficient (Wildman–Crippen LogP) is 3.84. The van der Waals surface area contributed by atoms with Gasteiger partial charge >= 0.3 is 5.97 Å². The number of aromatic amines is 1. The number of carboxylic acid groups (broad SMARTS) is 1. The van der Waals surface area contributed by atoms with Crippen LogP contribution in [0.25, 0.3) is 22.7 Å². The van der Waals surface area contributed by atoms with Crippen molar-refractivity contribution in [2.24, 2.45) is 0 Å². The van der Waals surface area contributed by atoms with Gasteiger partial charge in [0.1, 0.15) is 10.8 Å². The lowest BCUT2D eigenvalue weighted by molar-refractivity contribution is -0.130. The fourth-order valence-corrected chi connectivity index (χ4v) is 2.31. The Morgan fingerprint density at radius 1 is 1.19 bits per heavy atom. The molecule has 1 aromatic carbocycles. The van der Waals surface area contributed by atoms with Crippen LogP contribution in [0.5, 0.6) is 0 Å². The number of nitrogens with one attached hydrogen (secondary N) is 1. The lowest BCUT2D eigenvalue weighted by Gasteiger charge is -2.02. The van der Waals surface area contributed by atoms with Gasteiger partial charge in [0.2, 0.25) is 0 Å². The summed E-state index contributed by atoms with van der Waals surface area (Å²) in [6.45, 7) is 0. The van der Waals surface area contributed by atoms with Gasteiger partial charge in [-0.05, 0) is 23.8 Å². The normalized spacial score (nSPS) is 11.8. The molecule has 3 rings (SSSR count). The average molecular weight is 299 g/mol. The van der Waals surface area contributed by atoms with Crippen LogP contribution in [0.3, 0.4) is 0 Å². The molecule has 0 aliphatic carbocycles. The van der Waals surface area contributed by atoms with Gasteiger partial charge in [0.25, 0.3) is 0 Å². The Balaban J connectivity index is 2.14. The van der Waals surface area contributed by atoms with Crippen LogP contribution >= 0.6 is 11.6 Å². The maximum atomic E-state index is 11.5. The van der Waals surface area contributed by atoms with E-state index in [0.29, 0.717) is 16.4 Å². The van der Waals surface area contributed by atoms with E-state index in [1.165, 1.54) is 0 Å². The Morgan fingerprint density at radius 2 is 1.95 bits per heavy atom. The second-order valence-electron chi connectivity index (χ2n) is 4.50. The molecule has 0 atom stereocenters. The SMILES string of the molecule is O=C(O)/C(=C/c1c[nH]c2nc(Cl)ccc12)c1ccccc1. The maximum absolute atomic E-state index is 11.5. The molecule has 0 saturated heterocycles. The summed E-state index contributed by atoms with van der Waals surface area (Å²) >= 11 is 5.84. The standard InChI is InChI=1S/C16H11ClN2O2/c17-14-7-6-12-11(9-18-15(12)19-14)8-13(16(20)21)10-4-2-1-3-5-10/h1-9H,(H,18,19)(H,20,21)/b13-8+. The van der Waals surface area contributed by atoms with Gasteiger partial charge in [-0.15, -0.1) is 0 Å². The Hall–Kier alpha value is -2.59. The van der Waals surface area contributed by atoms with E-state index in [2.05, 4.69) is 9.97 Å². The van der Waals surface area contributed by atoms with Crippen LogP contribution in [0.15, 0.2) is 48.7 Å². The molecule has 0 aliphatic heterocycles. The number of hydrogen-bond donors (Lipinski definition) is 2. The third-order valence-corrected chi connectivity index (χ3v) is 3.36.